The largest absolute Gasteiger partial charge is 0.381 e. The van der Waals surface area contributed by atoms with E-state index in [1.54, 1.807) is 0 Å². The van der Waals surface area contributed by atoms with Gasteiger partial charge in [-0.3, -0.25) is 4.79 Å². The monoisotopic (exact) mass is 230 g/mol. The smallest absolute Gasteiger partial charge is 0.225 e. The molecule has 1 unspecified atom stereocenters. The van der Waals surface area contributed by atoms with Gasteiger partial charge in [0.1, 0.15) is 0 Å². The van der Waals surface area contributed by atoms with Gasteiger partial charge in [-0.05, 0) is 6.42 Å². The molecule has 1 fully saturated rings. The summed E-state index contributed by atoms with van der Waals surface area (Å²) in [6.07, 6.45) is 1.42. The quantitative estimate of drug-likeness (QED) is 0.652. The summed E-state index contributed by atoms with van der Waals surface area (Å²) in [6.45, 7) is 5.54. The van der Waals surface area contributed by atoms with E-state index >= 15 is 0 Å². The van der Waals surface area contributed by atoms with Gasteiger partial charge in [0.05, 0.1) is 32.3 Å². The third kappa shape index (κ3) is 4.08. The number of ether oxygens (including phenoxy) is 2. The van der Waals surface area contributed by atoms with Crippen LogP contribution in [0.2, 0.25) is 0 Å². The number of carbonyl (C=O) groups excluding carboxylic acids is 1. The molecule has 1 saturated heterocycles. The van der Waals surface area contributed by atoms with Crippen molar-refractivity contribution in [3.8, 4) is 0 Å². The van der Waals surface area contributed by atoms with Crippen molar-refractivity contribution in [2.45, 2.75) is 25.8 Å². The van der Waals surface area contributed by atoms with Gasteiger partial charge in [0.2, 0.25) is 5.91 Å². The van der Waals surface area contributed by atoms with Crippen LogP contribution in [0.25, 0.3) is 0 Å². The Hall–Kier alpha value is -0.650. The first-order valence-corrected chi connectivity index (χ1v) is 5.94. The summed E-state index contributed by atoms with van der Waals surface area (Å²) in [4.78, 5) is 13.7. The van der Waals surface area contributed by atoms with Gasteiger partial charge in [-0.2, -0.15) is 0 Å². The molecule has 0 bridgehead atoms. The molecule has 1 aliphatic rings. The summed E-state index contributed by atoms with van der Waals surface area (Å²) in [5.74, 6) is 0.120. The maximum absolute atomic E-state index is 11.9. The summed E-state index contributed by atoms with van der Waals surface area (Å²) in [5, 5.41) is 0. The highest BCUT2D eigenvalue weighted by atomic mass is 16.5. The molecule has 0 aromatic heterocycles. The van der Waals surface area contributed by atoms with E-state index in [0.29, 0.717) is 39.3 Å². The molecule has 1 amide bonds. The van der Waals surface area contributed by atoms with Crippen molar-refractivity contribution >= 4 is 5.91 Å². The van der Waals surface area contributed by atoms with Crippen molar-refractivity contribution in [1.82, 2.24) is 4.90 Å². The predicted molar refractivity (Wildman–Crippen MR) is 61.1 cm³/mol. The van der Waals surface area contributed by atoms with E-state index in [2.05, 4.69) is 0 Å². The van der Waals surface area contributed by atoms with E-state index in [-0.39, 0.29) is 11.9 Å². The number of amides is 1. The lowest BCUT2D eigenvalue weighted by Gasteiger charge is -2.34. The predicted octanol–water partition coefficient (Wildman–Crippen LogP) is -0.0108. The van der Waals surface area contributed by atoms with Crippen LogP contribution in [-0.2, 0) is 14.3 Å². The lowest BCUT2D eigenvalue weighted by Crippen LogP contribution is -2.52. The molecule has 0 aromatic carbocycles. The molecule has 1 rings (SSSR count). The minimum absolute atomic E-state index is 0.0347. The van der Waals surface area contributed by atoms with E-state index in [1.165, 1.54) is 0 Å². The number of morpholine rings is 1. The summed E-state index contributed by atoms with van der Waals surface area (Å²) in [6, 6.07) is 0.0347. The molecule has 0 spiro atoms. The highest BCUT2D eigenvalue weighted by molar-refractivity contribution is 5.76. The molecular weight excluding hydrogens is 208 g/mol. The topological polar surface area (TPSA) is 64.8 Å². The fourth-order valence-corrected chi connectivity index (χ4v) is 1.73. The lowest BCUT2D eigenvalue weighted by molar-refractivity contribution is -0.140. The molecule has 1 atom stereocenters. The molecule has 16 heavy (non-hydrogen) atoms. The van der Waals surface area contributed by atoms with Crippen molar-refractivity contribution in [1.29, 1.82) is 0 Å². The zero-order valence-corrected chi connectivity index (χ0v) is 9.98. The zero-order chi connectivity index (χ0) is 11.8. The molecule has 0 radical (unpaired) electrons. The van der Waals surface area contributed by atoms with Crippen LogP contribution in [0.3, 0.4) is 0 Å². The van der Waals surface area contributed by atoms with Gasteiger partial charge >= 0.3 is 0 Å². The number of nitrogens with two attached hydrogens (primary N) is 1. The minimum atomic E-state index is 0.0347. The first-order chi connectivity index (χ1) is 7.79. The standard InChI is InChI=1S/C11H22N2O3/c1-2-5-15-6-3-11(14)13-4-7-16-9-10(13)8-12/h10H,2-9,12H2,1H3. The number of carbonyl (C=O) groups is 1. The normalized spacial score (nSPS) is 21.1. The van der Waals surface area contributed by atoms with Crippen molar-refractivity contribution in [3.05, 3.63) is 0 Å². The van der Waals surface area contributed by atoms with Crippen LogP contribution in [0.15, 0.2) is 0 Å². The third-order valence-electron chi connectivity index (χ3n) is 2.63. The van der Waals surface area contributed by atoms with Gasteiger partial charge in [-0.15, -0.1) is 0 Å². The van der Waals surface area contributed by atoms with E-state index < -0.39 is 0 Å². The van der Waals surface area contributed by atoms with Gasteiger partial charge in [-0.25, -0.2) is 0 Å². The van der Waals surface area contributed by atoms with Gasteiger partial charge in [0.25, 0.3) is 0 Å². The van der Waals surface area contributed by atoms with Gasteiger partial charge in [-0.1, -0.05) is 6.92 Å². The molecule has 0 saturated carbocycles. The van der Waals surface area contributed by atoms with Gasteiger partial charge in [0, 0.05) is 19.7 Å². The van der Waals surface area contributed by atoms with Crippen molar-refractivity contribution in [2.75, 3.05) is 39.5 Å². The number of hydrogen-bond acceptors (Lipinski definition) is 4. The Kier molecular flexibility index (Phi) is 6.37. The van der Waals surface area contributed by atoms with Crippen LogP contribution in [0.1, 0.15) is 19.8 Å². The summed E-state index contributed by atoms with van der Waals surface area (Å²) in [7, 11) is 0. The maximum atomic E-state index is 11.9. The SMILES string of the molecule is CCCOCCC(=O)N1CCOCC1CN. The fraction of sp³-hybridized carbons (Fsp3) is 0.909. The molecule has 0 aromatic rings. The first-order valence-electron chi connectivity index (χ1n) is 5.94. The van der Waals surface area contributed by atoms with Crippen LogP contribution >= 0.6 is 0 Å². The lowest BCUT2D eigenvalue weighted by atomic mass is 10.2. The Labute approximate surface area is 96.9 Å². The van der Waals surface area contributed by atoms with E-state index in [4.69, 9.17) is 15.2 Å². The van der Waals surface area contributed by atoms with E-state index in [9.17, 15) is 4.79 Å². The van der Waals surface area contributed by atoms with Crippen LogP contribution in [0.4, 0.5) is 0 Å². The van der Waals surface area contributed by atoms with Crippen molar-refractivity contribution in [2.24, 2.45) is 5.73 Å². The Bertz CT molecular complexity index is 211. The molecule has 94 valence electrons. The second-order valence-electron chi connectivity index (χ2n) is 3.91. The van der Waals surface area contributed by atoms with Gasteiger partial charge < -0.3 is 20.1 Å². The van der Waals surface area contributed by atoms with Crippen LogP contribution in [0, 0.1) is 0 Å². The van der Waals surface area contributed by atoms with E-state index in [0.717, 1.165) is 13.0 Å². The van der Waals surface area contributed by atoms with Gasteiger partial charge in [0.15, 0.2) is 0 Å². The zero-order valence-electron chi connectivity index (χ0n) is 9.98. The molecule has 1 heterocycles. The molecule has 1 aliphatic heterocycles. The second-order valence-corrected chi connectivity index (χ2v) is 3.91. The Morgan fingerprint density at radius 3 is 3.06 bits per heavy atom. The van der Waals surface area contributed by atoms with Crippen molar-refractivity contribution in [3.63, 3.8) is 0 Å². The molecule has 2 N–H and O–H groups in total. The second kappa shape index (κ2) is 7.60. The van der Waals surface area contributed by atoms with Crippen molar-refractivity contribution < 1.29 is 14.3 Å². The molecule has 5 heteroatoms. The highest BCUT2D eigenvalue weighted by Crippen LogP contribution is 2.07. The first kappa shape index (κ1) is 13.4. The molecule has 0 aliphatic carbocycles. The number of rotatable bonds is 6. The Morgan fingerprint density at radius 1 is 1.56 bits per heavy atom. The summed E-state index contributed by atoms with van der Waals surface area (Å²) < 4.78 is 10.6. The van der Waals surface area contributed by atoms with E-state index in [1.807, 2.05) is 11.8 Å². The maximum Gasteiger partial charge on any atom is 0.225 e. The molecule has 5 nitrogen and oxygen atoms in total. The fourth-order valence-electron chi connectivity index (χ4n) is 1.73. The van der Waals surface area contributed by atoms with Crippen LogP contribution < -0.4 is 5.73 Å². The average molecular weight is 230 g/mol. The number of hydrogen-bond donors (Lipinski definition) is 1. The summed E-state index contributed by atoms with van der Waals surface area (Å²) in [5.41, 5.74) is 5.60. The minimum Gasteiger partial charge on any atom is -0.381 e. The van der Waals surface area contributed by atoms with Crippen LogP contribution in [-0.4, -0.2) is 56.4 Å². The Morgan fingerprint density at radius 2 is 2.38 bits per heavy atom. The molecular formula is C11H22N2O3. The summed E-state index contributed by atoms with van der Waals surface area (Å²) >= 11 is 0. The average Bonchev–Trinajstić information content (AvgIpc) is 2.34. The number of nitrogens with zero attached hydrogens (tertiary/aromatic N) is 1. The Balaban J connectivity index is 2.27. The highest BCUT2D eigenvalue weighted by Gasteiger charge is 2.25. The van der Waals surface area contributed by atoms with Crippen LogP contribution in [0.5, 0.6) is 0 Å². The third-order valence-corrected chi connectivity index (χ3v) is 2.63.